The molecular weight excluding hydrogens is 384 g/mol. The van der Waals surface area contributed by atoms with Gasteiger partial charge in [0.15, 0.2) is 12.6 Å². The minimum atomic E-state index is -1.22. The van der Waals surface area contributed by atoms with Crippen LogP contribution in [0.1, 0.15) is 12.5 Å². The summed E-state index contributed by atoms with van der Waals surface area (Å²) in [5, 5.41) is 14.0. The van der Waals surface area contributed by atoms with Crippen molar-refractivity contribution in [1.29, 1.82) is 0 Å². The molecule has 1 amide bonds. The van der Waals surface area contributed by atoms with Crippen LogP contribution in [0.25, 0.3) is 11.4 Å². The van der Waals surface area contributed by atoms with Crippen LogP contribution in [0.4, 0.5) is 14.5 Å². The molecule has 1 atom stereocenters. The summed E-state index contributed by atoms with van der Waals surface area (Å²) >= 11 is 0. The molecule has 0 unspecified atom stereocenters. The summed E-state index contributed by atoms with van der Waals surface area (Å²) in [4.78, 5) is 25.1. The predicted octanol–water partition coefficient (Wildman–Crippen LogP) is 2.50. The lowest BCUT2D eigenvalue weighted by atomic mass is 10.1. The van der Waals surface area contributed by atoms with E-state index >= 15 is 0 Å². The number of amides is 1. The van der Waals surface area contributed by atoms with Crippen molar-refractivity contribution in [2.75, 3.05) is 5.32 Å². The second-order valence-corrected chi connectivity index (χ2v) is 6.25. The van der Waals surface area contributed by atoms with Gasteiger partial charge in [-0.05, 0) is 31.2 Å². The summed E-state index contributed by atoms with van der Waals surface area (Å²) in [5.41, 5.74) is 1.60. The molecule has 0 fully saturated rings. The molecule has 0 aliphatic rings. The van der Waals surface area contributed by atoms with Gasteiger partial charge in [0, 0.05) is 11.6 Å². The topological polar surface area (TPSA) is 99.0 Å². The summed E-state index contributed by atoms with van der Waals surface area (Å²) in [6.45, 7) is 2.91. The number of carbonyl (C=O) groups is 2. The number of benzene rings is 2. The number of esters is 1. The van der Waals surface area contributed by atoms with Gasteiger partial charge in [0.2, 0.25) is 5.82 Å². The number of halogens is 2. The lowest BCUT2D eigenvalue weighted by molar-refractivity contribution is -0.154. The van der Waals surface area contributed by atoms with Crippen molar-refractivity contribution in [2.45, 2.75) is 26.5 Å². The van der Waals surface area contributed by atoms with Crippen molar-refractivity contribution in [3.63, 3.8) is 0 Å². The van der Waals surface area contributed by atoms with Crippen molar-refractivity contribution in [3.8, 4) is 11.4 Å². The highest BCUT2D eigenvalue weighted by Crippen LogP contribution is 2.16. The fraction of sp³-hybridized carbons (Fsp3) is 0.211. The van der Waals surface area contributed by atoms with Crippen LogP contribution in [0.3, 0.4) is 0 Å². The third kappa shape index (κ3) is 5.18. The van der Waals surface area contributed by atoms with E-state index in [1.54, 1.807) is 0 Å². The molecule has 0 aliphatic carbocycles. The third-order valence-corrected chi connectivity index (χ3v) is 3.90. The van der Waals surface area contributed by atoms with Crippen molar-refractivity contribution < 1.29 is 23.1 Å². The van der Waals surface area contributed by atoms with Crippen LogP contribution in [0.5, 0.6) is 0 Å². The van der Waals surface area contributed by atoms with Crippen LogP contribution < -0.4 is 5.32 Å². The van der Waals surface area contributed by atoms with E-state index < -0.39 is 29.6 Å². The van der Waals surface area contributed by atoms with E-state index in [2.05, 4.69) is 20.7 Å². The maximum absolute atomic E-state index is 13.6. The predicted molar refractivity (Wildman–Crippen MR) is 98.5 cm³/mol. The van der Waals surface area contributed by atoms with Crippen molar-refractivity contribution in [2.24, 2.45) is 0 Å². The Morgan fingerprint density at radius 2 is 1.90 bits per heavy atom. The molecule has 1 N–H and O–H groups in total. The van der Waals surface area contributed by atoms with Gasteiger partial charge in [0.05, 0.1) is 5.69 Å². The van der Waals surface area contributed by atoms with Gasteiger partial charge in [-0.3, -0.25) is 4.79 Å². The van der Waals surface area contributed by atoms with E-state index in [9.17, 15) is 18.4 Å². The number of hydrogen-bond donors (Lipinski definition) is 1. The second-order valence-electron chi connectivity index (χ2n) is 6.25. The van der Waals surface area contributed by atoms with E-state index in [0.29, 0.717) is 11.9 Å². The molecule has 0 spiro atoms. The number of nitrogens with zero attached hydrogens (tertiary/aromatic N) is 4. The Morgan fingerprint density at radius 1 is 1.17 bits per heavy atom. The SMILES string of the molecule is Cc1ccc(-c2nnn(CC(=O)O[C@@H](C)C(=O)Nc3ccc(F)cc3F)n2)cc1. The molecule has 0 saturated carbocycles. The zero-order valence-corrected chi connectivity index (χ0v) is 15.6. The Bertz CT molecular complexity index is 1040. The van der Waals surface area contributed by atoms with E-state index in [0.717, 1.165) is 28.1 Å². The summed E-state index contributed by atoms with van der Waals surface area (Å²) in [5.74, 6) is -2.91. The fourth-order valence-electron chi connectivity index (χ4n) is 2.36. The molecule has 10 heteroatoms. The standard InChI is InChI=1S/C19H17F2N5O3/c1-11-3-5-13(6-4-11)18-23-25-26(24-18)10-17(27)29-12(2)19(28)22-16-8-7-14(20)9-15(16)21/h3-9,12H,10H2,1-2H3,(H,22,28)/t12-/m0/s1. The number of tetrazole rings is 1. The minimum absolute atomic E-state index is 0.222. The number of hydrogen-bond acceptors (Lipinski definition) is 6. The molecule has 0 saturated heterocycles. The Hall–Kier alpha value is -3.69. The second kappa shape index (κ2) is 8.55. The minimum Gasteiger partial charge on any atom is -0.451 e. The summed E-state index contributed by atoms with van der Waals surface area (Å²) in [7, 11) is 0. The maximum atomic E-state index is 13.6. The first-order chi connectivity index (χ1) is 13.8. The number of carbonyl (C=O) groups excluding carboxylic acids is 2. The molecule has 150 valence electrons. The van der Waals surface area contributed by atoms with E-state index in [4.69, 9.17) is 4.74 Å². The van der Waals surface area contributed by atoms with Gasteiger partial charge >= 0.3 is 5.97 Å². The first kappa shape index (κ1) is 20.1. The molecule has 0 bridgehead atoms. The number of rotatable bonds is 6. The molecule has 0 aliphatic heterocycles. The Morgan fingerprint density at radius 3 is 2.59 bits per heavy atom. The van der Waals surface area contributed by atoms with Crippen LogP contribution in [0, 0.1) is 18.6 Å². The number of aryl methyl sites for hydroxylation is 1. The summed E-state index contributed by atoms with van der Waals surface area (Å²) in [6, 6.07) is 10.2. The lowest BCUT2D eigenvalue weighted by Gasteiger charge is -2.13. The van der Waals surface area contributed by atoms with Crippen molar-refractivity contribution in [1.82, 2.24) is 20.2 Å². The van der Waals surface area contributed by atoms with E-state index in [1.807, 2.05) is 31.2 Å². The van der Waals surface area contributed by atoms with Gasteiger partial charge in [-0.25, -0.2) is 13.6 Å². The van der Waals surface area contributed by atoms with Crippen molar-refractivity contribution >= 4 is 17.6 Å². The highest BCUT2D eigenvalue weighted by atomic mass is 19.1. The molecule has 29 heavy (non-hydrogen) atoms. The number of ether oxygens (including phenoxy) is 1. The zero-order chi connectivity index (χ0) is 21.0. The largest absolute Gasteiger partial charge is 0.451 e. The molecule has 0 radical (unpaired) electrons. The van der Waals surface area contributed by atoms with E-state index in [-0.39, 0.29) is 12.2 Å². The zero-order valence-electron chi connectivity index (χ0n) is 15.6. The Kier molecular flexibility index (Phi) is 5.91. The van der Waals surface area contributed by atoms with Crippen molar-refractivity contribution in [3.05, 3.63) is 59.7 Å². The van der Waals surface area contributed by atoms with Crippen LogP contribution >= 0.6 is 0 Å². The van der Waals surface area contributed by atoms with Crippen LogP contribution in [-0.4, -0.2) is 38.2 Å². The molecule has 2 aromatic carbocycles. The molecule has 1 heterocycles. The average molecular weight is 401 g/mol. The number of anilines is 1. The van der Waals surface area contributed by atoms with Gasteiger partial charge in [-0.15, -0.1) is 10.2 Å². The molecule has 8 nitrogen and oxygen atoms in total. The van der Waals surface area contributed by atoms with Gasteiger partial charge in [-0.2, -0.15) is 4.80 Å². The molecule has 1 aromatic heterocycles. The van der Waals surface area contributed by atoms with Crippen LogP contribution in [0.2, 0.25) is 0 Å². The van der Waals surface area contributed by atoms with Gasteiger partial charge in [0.1, 0.15) is 11.6 Å². The fourth-order valence-corrected chi connectivity index (χ4v) is 2.36. The Balaban J connectivity index is 1.56. The quantitative estimate of drug-likeness (QED) is 0.637. The highest BCUT2D eigenvalue weighted by Gasteiger charge is 2.20. The highest BCUT2D eigenvalue weighted by molar-refractivity contribution is 5.95. The van der Waals surface area contributed by atoms with Gasteiger partial charge in [-0.1, -0.05) is 29.8 Å². The maximum Gasteiger partial charge on any atom is 0.330 e. The third-order valence-electron chi connectivity index (χ3n) is 3.90. The summed E-state index contributed by atoms with van der Waals surface area (Å²) in [6.07, 6.45) is -1.22. The lowest BCUT2D eigenvalue weighted by Crippen LogP contribution is -2.31. The molecule has 3 aromatic rings. The van der Waals surface area contributed by atoms with Crippen LogP contribution in [-0.2, 0) is 20.9 Å². The summed E-state index contributed by atoms with van der Waals surface area (Å²) < 4.78 is 31.5. The number of nitrogens with one attached hydrogen (secondary N) is 1. The normalized spacial score (nSPS) is 11.7. The monoisotopic (exact) mass is 401 g/mol. The Labute approximate surface area is 164 Å². The first-order valence-electron chi connectivity index (χ1n) is 8.62. The van der Waals surface area contributed by atoms with E-state index in [1.165, 1.54) is 6.92 Å². The average Bonchev–Trinajstić information content (AvgIpc) is 3.12. The van der Waals surface area contributed by atoms with Gasteiger partial charge in [0.25, 0.3) is 5.91 Å². The first-order valence-corrected chi connectivity index (χ1v) is 8.62. The smallest absolute Gasteiger partial charge is 0.330 e. The number of aromatic nitrogens is 4. The molecule has 3 rings (SSSR count). The molecular formula is C19H17F2N5O3. The van der Waals surface area contributed by atoms with Crippen LogP contribution in [0.15, 0.2) is 42.5 Å². The van der Waals surface area contributed by atoms with Gasteiger partial charge < -0.3 is 10.1 Å².